The Labute approximate surface area is 91.9 Å². The first-order valence-electron chi connectivity index (χ1n) is 5.61. The number of nitrogens with zero attached hydrogens (tertiary/aromatic N) is 1. The average molecular weight is 205 g/mol. The molecule has 0 aromatic heterocycles. The van der Waals surface area contributed by atoms with E-state index >= 15 is 0 Å². The Hall–Kier alpha value is -1.31. The number of benzene rings is 1. The Morgan fingerprint density at radius 3 is 2.73 bits per heavy atom. The third-order valence-corrected chi connectivity index (χ3v) is 2.16. The lowest BCUT2D eigenvalue weighted by molar-refractivity contribution is 0.131. The molecule has 0 aliphatic rings. The van der Waals surface area contributed by atoms with E-state index in [1.54, 1.807) is 0 Å². The van der Waals surface area contributed by atoms with Gasteiger partial charge in [-0.05, 0) is 18.4 Å². The molecule has 0 N–H and O–H groups in total. The molecule has 0 aliphatic heterocycles. The highest BCUT2D eigenvalue weighted by Crippen LogP contribution is 2.01. The molecular weight excluding hydrogens is 186 g/mol. The van der Waals surface area contributed by atoms with Gasteiger partial charge in [0, 0.05) is 6.21 Å². The Balaban J connectivity index is 2.06. The molecule has 0 fully saturated rings. The fraction of sp³-hybridized carbons (Fsp3) is 0.462. The maximum absolute atomic E-state index is 5.17. The van der Waals surface area contributed by atoms with Gasteiger partial charge in [0.15, 0.2) is 0 Å². The number of oxime groups is 1. The second-order valence-corrected chi connectivity index (χ2v) is 3.54. The number of rotatable bonds is 7. The van der Waals surface area contributed by atoms with Crippen molar-refractivity contribution < 1.29 is 4.84 Å². The van der Waals surface area contributed by atoms with E-state index in [1.165, 1.54) is 19.3 Å². The summed E-state index contributed by atoms with van der Waals surface area (Å²) in [6.45, 7) is 2.76. The Morgan fingerprint density at radius 2 is 2.00 bits per heavy atom. The van der Waals surface area contributed by atoms with Crippen LogP contribution in [0.4, 0.5) is 0 Å². The molecule has 2 heteroatoms. The lowest BCUT2D eigenvalue weighted by Crippen LogP contribution is -1.86. The van der Waals surface area contributed by atoms with Crippen LogP contribution in [0.25, 0.3) is 0 Å². The van der Waals surface area contributed by atoms with Gasteiger partial charge in [-0.15, -0.1) is 0 Å². The first kappa shape index (κ1) is 11.8. The summed E-state index contributed by atoms with van der Waals surface area (Å²) in [5.74, 6) is 0. The molecule has 0 amide bonds. The van der Waals surface area contributed by atoms with Crippen LogP contribution in [0.2, 0.25) is 0 Å². The zero-order valence-electron chi connectivity index (χ0n) is 9.36. The molecule has 15 heavy (non-hydrogen) atoms. The average Bonchev–Trinajstić information content (AvgIpc) is 2.29. The lowest BCUT2D eigenvalue weighted by Gasteiger charge is -1.98. The van der Waals surface area contributed by atoms with Crippen LogP contribution in [0.5, 0.6) is 0 Å². The number of unbranched alkanes of at least 4 members (excludes halogenated alkanes) is 3. The van der Waals surface area contributed by atoms with E-state index in [1.807, 2.05) is 36.5 Å². The number of hydrogen-bond donors (Lipinski definition) is 0. The molecule has 0 heterocycles. The third kappa shape index (κ3) is 5.89. The molecule has 2 nitrogen and oxygen atoms in total. The topological polar surface area (TPSA) is 21.6 Å². The van der Waals surface area contributed by atoms with E-state index in [9.17, 15) is 0 Å². The van der Waals surface area contributed by atoms with Crippen molar-refractivity contribution in [3.63, 3.8) is 0 Å². The van der Waals surface area contributed by atoms with Gasteiger partial charge in [-0.25, -0.2) is 0 Å². The second kappa shape index (κ2) is 8.04. The van der Waals surface area contributed by atoms with Crippen molar-refractivity contribution in [2.45, 2.75) is 39.2 Å². The SMILES string of the molecule is CCCCC/C=N/OCc1ccccc1. The summed E-state index contributed by atoms with van der Waals surface area (Å²) in [5.41, 5.74) is 1.16. The van der Waals surface area contributed by atoms with E-state index in [-0.39, 0.29) is 0 Å². The van der Waals surface area contributed by atoms with E-state index in [0.29, 0.717) is 6.61 Å². The van der Waals surface area contributed by atoms with E-state index in [2.05, 4.69) is 12.1 Å². The molecule has 0 aliphatic carbocycles. The highest BCUT2D eigenvalue weighted by Gasteiger charge is 1.88. The van der Waals surface area contributed by atoms with Crippen LogP contribution in [0.15, 0.2) is 35.5 Å². The van der Waals surface area contributed by atoms with Crippen molar-refractivity contribution in [3.8, 4) is 0 Å². The molecule has 0 radical (unpaired) electrons. The molecule has 0 saturated heterocycles. The smallest absolute Gasteiger partial charge is 0.142 e. The van der Waals surface area contributed by atoms with Gasteiger partial charge in [0.2, 0.25) is 0 Å². The molecule has 0 spiro atoms. The molecule has 0 atom stereocenters. The highest BCUT2D eigenvalue weighted by atomic mass is 16.6. The van der Waals surface area contributed by atoms with Gasteiger partial charge < -0.3 is 4.84 Å². The van der Waals surface area contributed by atoms with Gasteiger partial charge in [0.05, 0.1) is 0 Å². The summed E-state index contributed by atoms with van der Waals surface area (Å²) in [7, 11) is 0. The fourth-order valence-electron chi connectivity index (χ4n) is 1.28. The van der Waals surface area contributed by atoms with Crippen molar-refractivity contribution in [1.29, 1.82) is 0 Å². The zero-order valence-corrected chi connectivity index (χ0v) is 9.36. The van der Waals surface area contributed by atoms with Crippen molar-refractivity contribution in [2.75, 3.05) is 0 Å². The maximum Gasteiger partial charge on any atom is 0.142 e. The highest BCUT2D eigenvalue weighted by molar-refractivity contribution is 5.56. The van der Waals surface area contributed by atoms with Crippen LogP contribution < -0.4 is 0 Å². The summed E-state index contributed by atoms with van der Waals surface area (Å²) in [6, 6.07) is 10.1. The first-order valence-corrected chi connectivity index (χ1v) is 5.61. The summed E-state index contributed by atoms with van der Waals surface area (Å²) >= 11 is 0. The molecule has 82 valence electrons. The molecule has 0 saturated carbocycles. The molecular formula is C13H19NO. The largest absolute Gasteiger partial charge is 0.391 e. The molecule has 0 bridgehead atoms. The lowest BCUT2D eigenvalue weighted by atomic mass is 10.2. The monoisotopic (exact) mass is 205 g/mol. The molecule has 1 aromatic rings. The van der Waals surface area contributed by atoms with Crippen LogP contribution in [0, 0.1) is 0 Å². The van der Waals surface area contributed by atoms with Crippen LogP contribution in [-0.4, -0.2) is 6.21 Å². The maximum atomic E-state index is 5.17. The van der Waals surface area contributed by atoms with Crippen LogP contribution in [-0.2, 0) is 11.4 Å². The van der Waals surface area contributed by atoms with E-state index < -0.39 is 0 Å². The van der Waals surface area contributed by atoms with Gasteiger partial charge in [0.25, 0.3) is 0 Å². The van der Waals surface area contributed by atoms with Crippen LogP contribution >= 0.6 is 0 Å². The Morgan fingerprint density at radius 1 is 1.20 bits per heavy atom. The first-order chi connectivity index (χ1) is 7.43. The Kier molecular flexibility index (Phi) is 6.30. The van der Waals surface area contributed by atoms with Gasteiger partial charge >= 0.3 is 0 Å². The van der Waals surface area contributed by atoms with Crippen molar-refractivity contribution in [2.24, 2.45) is 5.16 Å². The summed E-state index contributed by atoms with van der Waals surface area (Å²) in [4.78, 5) is 5.17. The van der Waals surface area contributed by atoms with Gasteiger partial charge in [-0.2, -0.15) is 0 Å². The predicted molar refractivity (Wildman–Crippen MR) is 63.9 cm³/mol. The standard InChI is InChI=1S/C13H19NO/c1-2-3-4-8-11-14-15-12-13-9-6-5-7-10-13/h5-7,9-11H,2-4,8,12H2,1H3/b14-11+. The van der Waals surface area contributed by atoms with Gasteiger partial charge in [0.1, 0.15) is 6.61 Å². The number of hydrogen-bond acceptors (Lipinski definition) is 2. The summed E-state index contributed by atoms with van der Waals surface area (Å²) in [5, 5.41) is 3.91. The van der Waals surface area contributed by atoms with Crippen molar-refractivity contribution in [1.82, 2.24) is 0 Å². The fourth-order valence-corrected chi connectivity index (χ4v) is 1.28. The minimum Gasteiger partial charge on any atom is -0.391 e. The second-order valence-electron chi connectivity index (χ2n) is 3.54. The predicted octanol–water partition coefficient (Wildman–Crippen LogP) is 3.77. The molecule has 1 aromatic carbocycles. The van der Waals surface area contributed by atoms with Crippen LogP contribution in [0.3, 0.4) is 0 Å². The molecule has 1 rings (SSSR count). The third-order valence-electron chi connectivity index (χ3n) is 2.16. The van der Waals surface area contributed by atoms with E-state index in [4.69, 9.17) is 4.84 Å². The van der Waals surface area contributed by atoms with Gasteiger partial charge in [-0.3, -0.25) is 0 Å². The van der Waals surface area contributed by atoms with E-state index in [0.717, 1.165) is 12.0 Å². The van der Waals surface area contributed by atoms with Crippen LogP contribution in [0.1, 0.15) is 38.2 Å². The summed E-state index contributed by atoms with van der Waals surface area (Å²) < 4.78 is 0. The minimum atomic E-state index is 0.561. The molecule has 0 unspecified atom stereocenters. The summed E-state index contributed by atoms with van der Waals surface area (Å²) in [6.07, 6.45) is 6.60. The minimum absolute atomic E-state index is 0.561. The zero-order chi connectivity index (χ0) is 10.8. The van der Waals surface area contributed by atoms with Gasteiger partial charge in [-0.1, -0.05) is 55.3 Å². The van der Waals surface area contributed by atoms with Crippen molar-refractivity contribution >= 4 is 6.21 Å². The Bertz CT molecular complexity index is 269. The quantitative estimate of drug-likeness (QED) is 0.377. The van der Waals surface area contributed by atoms with Crippen molar-refractivity contribution in [3.05, 3.63) is 35.9 Å². The normalized spacial score (nSPS) is 10.7.